The Labute approximate surface area is 114 Å². The van der Waals surface area contributed by atoms with Gasteiger partial charge in [0, 0.05) is 23.4 Å². The van der Waals surface area contributed by atoms with Gasteiger partial charge in [0.05, 0.1) is 15.1 Å². The van der Waals surface area contributed by atoms with Crippen LogP contribution in [0.3, 0.4) is 0 Å². The molecule has 0 saturated carbocycles. The monoisotopic (exact) mass is 290 g/mol. The third-order valence-electron chi connectivity index (χ3n) is 2.83. The van der Waals surface area contributed by atoms with E-state index < -0.39 is 9.84 Å². The minimum absolute atomic E-state index is 0.324. The first-order valence-corrected chi connectivity index (χ1v) is 8.30. The average molecular weight is 290 g/mol. The third kappa shape index (κ3) is 2.24. The van der Waals surface area contributed by atoms with Crippen LogP contribution in [-0.2, 0) is 9.84 Å². The van der Waals surface area contributed by atoms with Gasteiger partial charge in [0.2, 0.25) is 0 Å². The van der Waals surface area contributed by atoms with Crippen molar-refractivity contribution in [3.05, 3.63) is 42.2 Å². The summed E-state index contributed by atoms with van der Waals surface area (Å²) < 4.78 is 23.9. The van der Waals surface area contributed by atoms with Crippen molar-refractivity contribution < 1.29 is 8.42 Å². The van der Waals surface area contributed by atoms with Crippen molar-refractivity contribution in [1.82, 2.24) is 9.97 Å². The molecule has 1 aromatic carbocycles. The van der Waals surface area contributed by atoms with Crippen LogP contribution in [-0.4, -0.2) is 24.6 Å². The molecule has 0 unspecified atom stereocenters. The molecule has 96 valence electrons. The molecule has 4 nitrogen and oxygen atoms in total. The zero-order chi connectivity index (χ0) is 13.5. The fourth-order valence-electron chi connectivity index (χ4n) is 1.87. The summed E-state index contributed by atoms with van der Waals surface area (Å²) >= 11 is 1.58. The Kier molecular flexibility index (Phi) is 2.83. The van der Waals surface area contributed by atoms with Gasteiger partial charge in [-0.1, -0.05) is 12.1 Å². The highest BCUT2D eigenvalue weighted by atomic mass is 32.2. The number of sulfone groups is 1. The minimum atomic E-state index is -3.15. The summed E-state index contributed by atoms with van der Waals surface area (Å²) in [5.74, 6) is 0. The van der Waals surface area contributed by atoms with Gasteiger partial charge in [0.1, 0.15) is 6.33 Å². The molecule has 2 heterocycles. The highest BCUT2D eigenvalue weighted by Crippen LogP contribution is 2.32. The molecule has 0 radical (unpaired) electrons. The normalized spacial score (nSPS) is 11.8. The number of hydrogen-bond donors (Lipinski definition) is 0. The topological polar surface area (TPSA) is 59.9 Å². The van der Waals surface area contributed by atoms with Crippen LogP contribution in [0.4, 0.5) is 0 Å². The second-order valence-corrected chi connectivity index (χ2v) is 7.11. The Morgan fingerprint density at radius 1 is 1.16 bits per heavy atom. The number of hydrogen-bond acceptors (Lipinski definition) is 5. The summed E-state index contributed by atoms with van der Waals surface area (Å²) in [6, 6.07) is 6.85. The molecule has 0 aliphatic rings. The molecule has 0 amide bonds. The number of fused-ring (bicyclic) bond motifs is 1. The van der Waals surface area contributed by atoms with E-state index in [0.29, 0.717) is 4.90 Å². The van der Waals surface area contributed by atoms with Crippen LogP contribution in [0.25, 0.3) is 21.3 Å². The SMILES string of the molecule is CS(=O)(=O)c1ccc(-c2csc3cncnc23)cc1. The smallest absolute Gasteiger partial charge is 0.175 e. The highest BCUT2D eigenvalue weighted by Gasteiger charge is 2.10. The summed E-state index contributed by atoms with van der Waals surface area (Å²) in [5, 5.41) is 2.01. The number of rotatable bonds is 2. The molecule has 2 aromatic heterocycles. The molecule has 0 bridgehead atoms. The van der Waals surface area contributed by atoms with Gasteiger partial charge in [0.25, 0.3) is 0 Å². The molecule has 0 N–H and O–H groups in total. The van der Waals surface area contributed by atoms with Crippen molar-refractivity contribution >= 4 is 31.4 Å². The summed E-state index contributed by atoms with van der Waals surface area (Å²) in [4.78, 5) is 8.58. The van der Waals surface area contributed by atoms with Gasteiger partial charge < -0.3 is 0 Å². The summed E-state index contributed by atoms with van der Waals surface area (Å²) in [7, 11) is -3.15. The molecule has 0 saturated heterocycles. The van der Waals surface area contributed by atoms with E-state index >= 15 is 0 Å². The van der Waals surface area contributed by atoms with Crippen LogP contribution in [0.5, 0.6) is 0 Å². The van der Waals surface area contributed by atoms with E-state index in [1.165, 1.54) is 12.6 Å². The van der Waals surface area contributed by atoms with Gasteiger partial charge in [-0.3, -0.25) is 0 Å². The Hall–Kier alpha value is -1.79. The van der Waals surface area contributed by atoms with Crippen LogP contribution in [0.15, 0.2) is 47.1 Å². The van der Waals surface area contributed by atoms with E-state index in [1.54, 1.807) is 41.8 Å². The van der Waals surface area contributed by atoms with E-state index in [1.807, 2.05) is 5.38 Å². The lowest BCUT2D eigenvalue weighted by Crippen LogP contribution is -1.96. The Morgan fingerprint density at radius 3 is 2.58 bits per heavy atom. The number of thiophene rings is 1. The van der Waals surface area contributed by atoms with Gasteiger partial charge in [-0.15, -0.1) is 11.3 Å². The van der Waals surface area contributed by atoms with Crippen LogP contribution in [0.1, 0.15) is 0 Å². The average Bonchev–Trinajstić information content (AvgIpc) is 2.82. The quantitative estimate of drug-likeness (QED) is 0.728. The summed E-state index contributed by atoms with van der Waals surface area (Å²) in [6.07, 6.45) is 4.50. The Balaban J connectivity index is 2.12. The molecular weight excluding hydrogens is 280 g/mol. The van der Waals surface area contributed by atoms with Crippen molar-refractivity contribution in [2.75, 3.05) is 6.26 Å². The molecule has 0 aliphatic heterocycles. The predicted octanol–water partition coefficient (Wildman–Crippen LogP) is 2.76. The molecule has 0 atom stereocenters. The fourth-order valence-corrected chi connectivity index (χ4v) is 3.39. The maximum absolute atomic E-state index is 11.4. The number of nitrogens with zero attached hydrogens (tertiary/aromatic N) is 2. The molecule has 3 aromatic rings. The third-order valence-corrected chi connectivity index (χ3v) is 4.87. The maximum atomic E-state index is 11.4. The van der Waals surface area contributed by atoms with Gasteiger partial charge >= 0.3 is 0 Å². The van der Waals surface area contributed by atoms with Crippen LogP contribution >= 0.6 is 11.3 Å². The first-order valence-electron chi connectivity index (χ1n) is 5.53. The Morgan fingerprint density at radius 2 is 1.89 bits per heavy atom. The zero-order valence-electron chi connectivity index (χ0n) is 10.1. The molecule has 19 heavy (non-hydrogen) atoms. The van der Waals surface area contributed by atoms with Gasteiger partial charge in [-0.25, -0.2) is 18.4 Å². The molecule has 6 heteroatoms. The number of benzene rings is 1. The van der Waals surface area contributed by atoms with E-state index in [0.717, 1.165) is 21.3 Å². The summed E-state index contributed by atoms with van der Waals surface area (Å²) in [6.45, 7) is 0. The standard InChI is InChI=1S/C13H10N2O2S2/c1-19(16,17)10-4-2-9(3-5-10)11-7-18-12-6-14-8-15-13(11)12/h2-8H,1H3. The first-order chi connectivity index (χ1) is 9.05. The second kappa shape index (κ2) is 4.40. The largest absolute Gasteiger partial charge is 0.243 e. The van der Waals surface area contributed by atoms with E-state index in [-0.39, 0.29) is 0 Å². The van der Waals surface area contributed by atoms with E-state index in [4.69, 9.17) is 0 Å². The molecule has 0 spiro atoms. The van der Waals surface area contributed by atoms with Crippen molar-refractivity contribution in [3.8, 4) is 11.1 Å². The number of aromatic nitrogens is 2. The fraction of sp³-hybridized carbons (Fsp3) is 0.0769. The Bertz CT molecular complexity index is 836. The van der Waals surface area contributed by atoms with Gasteiger partial charge in [-0.2, -0.15) is 0 Å². The van der Waals surface area contributed by atoms with Gasteiger partial charge in [0.15, 0.2) is 9.84 Å². The molecule has 0 fully saturated rings. The van der Waals surface area contributed by atoms with E-state index in [2.05, 4.69) is 9.97 Å². The van der Waals surface area contributed by atoms with Crippen molar-refractivity contribution in [3.63, 3.8) is 0 Å². The van der Waals surface area contributed by atoms with Crippen molar-refractivity contribution in [2.45, 2.75) is 4.90 Å². The highest BCUT2D eigenvalue weighted by molar-refractivity contribution is 7.90. The molecule has 0 aliphatic carbocycles. The van der Waals surface area contributed by atoms with Crippen molar-refractivity contribution in [1.29, 1.82) is 0 Å². The predicted molar refractivity (Wildman–Crippen MR) is 76.0 cm³/mol. The van der Waals surface area contributed by atoms with Gasteiger partial charge in [-0.05, 0) is 17.7 Å². The minimum Gasteiger partial charge on any atom is -0.243 e. The van der Waals surface area contributed by atoms with Crippen LogP contribution in [0, 0.1) is 0 Å². The zero-order valence-corrected chi connectivity index (χ0v) is 11.7. The maximum Gasteiger partial charge on any atom is 0.175 e. The molecule has 3 rings (SSSR count). The lowest BCUT2D eigenvalue weighted by Gasteiger charge is -2.01. The first kappa shape index (κ1) is 12.3. The lowest BCUT2D eigenvalue weighted by molar-refractivity contribution is 0.602. The lowest BCUT2D eigenvalue weighted by atomic mass is 10.1. The summed E-state index contributed by atoms with van der Waals surface area (Å²) in [5.41, 5.74) is 2.85. The molecular formula is C13H10N2O2S2. The second-order valence-electron chi connectivity index (χ2n) is 4.18. The van der Waals surface area contributed by atoms with E-state index in [9.17, 15) is 8.42 Å². The van der Waals surface area contributed by atoms with Crippen LogP contribution in [0.2, 0.25) is 0 Å². The van der Waals surface area contributed by atoms with Crippen molar-refractivity contribution in [2.24, 2.45) is 0 Å². The van der Waals surface area contributed by atoms with Crippen LogP contribution < -0.4 is 0 Å².